The van der Waals surface area contributed by atoms with Crippen LogP contribution in [0.5, 0.6) is 11.5 Å². The van der Waals surface area contributed by atoms with E-state index in [1.807, 2.05) is 18.2 Å². The van der Waals surface area contributed by atoms with Gasteiger partial charge in [-0.15, -0.1) is 0 Å². The van der Waals surface area contributed by atoms with Crippen LogP contribution in [0, 0.1) is 13.8 Å². The fraction of sp³-hybridized carbons (Fsp3) is 0.290. The van der Waals surface area contributed by atoms with Gasteiger partial charge in [-0.25, -0.2) is 4.57 Å². The molecule has 0 atom stereocenters. The van der Waals surface area contributed by atoms with Gasteiger partial charge in [-0.1, -0.05) is 30.3 Å². The zero-order valence-electron chi connectivity index (χ0n) is 20.7. The van der Waals surface area contributed by atoms with E-state index in [9.17, 15) is 0 Å². The lowest BCUT2D eigenvalue weighted by Gasteiger charge is -2.13. The quantitative estimate of drug-likeness (QED) is 0.286. The van der Waals surface area contributed by atoms with E-state index in [0.717, 1.165) is 28.2 Å². The number of aryl methyl sites for hydroxylation is 2. The van der Waals surface area contributed by atoms with Crippen molar-refractivity contribution in [2.24, 2.45) is 0 Å². The number of pyridine rings is 2. The van der Waals surface area contributed by atoms with Gasteiger partial charge in [-0.05, 0) is 66.6 Å². The molecule has 0 amide bonds. The van der Waals surface area contributed by atoms with Crippen LogP contribution < -0.4 is 18.6 Å². The lowest BCUT2D eigenvalue weighted by atomic mass is 10.1. The van der Waals surface area contributed by atoms with Crippen molar-refractivity contribution in [2.75, 3.05) is 0 Å². The molecular formula is C31H34N2O2+2. The van der Waals surface area contributed by atoms with Gasteiger partial charge in [-0.2, -0.15) is 4.57 Å². The van der Waals surface area contributed by atoms with E-state index < -0.39 is 0 Å². The Balaban J connectivity index is 1.19. The molecule has 2 heterocycles. The summed E-state index contributed by atoms with van der Waals surface area (Å²) in [5.74, 6) is 1.78. The minimum Gasteiger partial charge on any atom is -0.489 e. The van der Waals surface area contributed by atoms with E-state index >= 15 is 0 Å². The van der Waals surface area contributed by atoms with Gasteiger partial charge in [-0.3, -0.25) is 0 Å². The second-order valence-corrected chi connectivity index (χ2v) is 9.50. The minimum atomic E-state index is 0.460. The molecule has 0 aliphatic heterocycles. The van der Waals surface area contributed by atoms with Crippen LogP contribution in [0.25, 0.3) is 11.1 Å². The molecule has 4 aromatic rings. The molecule has 4 heteroatoms. The number of ether oxygens (including phenoxy) is 2. The Morgan fingerprint density at radius 2 is 1.29 bits per heavy atom. The number of nitrogens with zero attached hydrogens (tertiary/aromatic N) is 2. The van der Waals surface area contributed by atoms with E-state index in [1.54, 1.807) is 0 Å². The maximum absolute atomic E-state index is 6.14. The molecule has 0 spiro atoms. The topological polar surface area (TPSA) is 26.2 Å². The number of rotatable bonds is 8. The second kappa shape index (κ2) is 10.7. The zero-order chi connectivity index (χ0) is 24.0. The van der Waals surface area contributed by atoms with Crippen LogP contribution in [0.1, 0.15) is 48.4 Å². The largest absolute Gasteiger partial charge is 0.489 e. The molecule has 35 heavy (non-hydrogen) atoms. The van der Waals surface area contributed by atoms with Gasteiger partial charge in [0.25, 0.3) is 6.73 Å². The van der Waals surface area contributed by atoms with E-state index in [4.69, 9.17) is 9.47 Å². The first-order chi connectivity index (χ1) is 17.2. The van der Waals surface area contributed by atoms with Crippen LogP contribution in [-0.4, -0.2) is 0 Å². The molecule has 1 aliphatic rings. The highest BCUT2D eigenvalue weighted by molar-refractivity contribution is 5.61. The van der Waals surface area contributed by atoms with E-state index in [1.165, 1.54) is 36.8 Å². The summed E-state index contributed by atoms with van der Waals surface area (Å²) in [5, 5.41) is 0. The van der Waals surface area contributed by atoms with E-state index in [-0.39, 0.29) is 0 Å². The lowest BCUT2D eigenvalue weighted by Crippen LogP contribution is -2.37. The molecule has 1 aliphatic carbocycles. The standard InChI is InChI=1S/C31H34N2O2/c1-24-21-31(25(2)20-30(24)34-22-26-8-4-3-5-9-26)35-23-32-16-12-27(13-17-32)28-14-18-33(19-15-28)29-10-6-7-11-29/h3-5,8-9,12-21,29H,6-7,10-11,22-23H2,1-2H3/q+2. The highest BCUT2D eigenvalue weighted by Crippen LogP contribution is 2.29. The fourth-order valence-electron chi connectivity index (χ4n) is 4.77. The highest BCUT2D eigenvalue weighted by atomic mass is 16.5. The molecule has 0 N–H and O–H groups in total. The summed E-state index contributed by atoms with van der Waals surface area (Å²) in [6, 6.07) is 23.8. The highest BCUT2D eigenvalue weighted by Gasteiger charge is 2.22. The van der Waals surface area contributed by atoms with Gasteiger partial charge in [0.15, 0.2) is 30.8 Å². The molecule has 2 aromatic carbocycles. The van der Waals surface area contributed by atoms with Crippen molar-refractivity contribution in [1.82, 2.24) is 0 Å². The fourth-order valence-corrected chi connectivity index (χ4v) is 4.77. The van der Waals surface area contributed by atoms with Crippen LogP contribution in [0.3, 0.4) is 0 Å². The van der Waals surface area contributed by atoms with Gasteiger partial charge in [0.1, 0.15) is 18.1 Å². The molecule has 4 nitrogen and oxygen atoms in total. The van der Waals surface area contributed by atoms with Gasteiger partial charge in [0, 0.05) is 37.1 Å². The Kier molecular flexibility index (Phi) is 7.08. The molecule has 0 unspecified atom stereocenters. The molecule has 5 rings (SSSR count). The van der Waals surface area contributed by atoms with Gasteiger partial charge in [0.2, 0.25) is 0 Å². The summed E-state index contributed by atoms with van der Waals surface area (Å²) in [6.45, 7) is 5.14. The van der Waals surface area contributed by atoms with Crippen molar-refractivity contribution in [3.63, 3.8) is 0 Å². The average molecular weight is 467 g/mol. The number of aromatic nitrogens is 2. The van der Waals surface area contributed by atoms with Crippen molar-refractivity contribution in [2.45, 2.75) is 58.9 Å². The summed E-state index contributed by atoms with van der Waals surface area (Å²) in [4.78, 5) is 0. The van der Waals surface area contributed by atoms with Crippen molar-refractivity contribution in [3.05, 3.63) is 108 Å². The monoisotopic (exact) mass is 466 g/mol. The predicted octanol–water partition coefficient (Wildman–Crippen LogP) is 6.28. The normalized spacial score (nSPS) is 13.7. The average Bonchev–Trinajstić information content (AvgIpc) is 3.44. The molecule has 1 fully saturated rings. The maximum atomic E-state index is 6.14. The third kappa shape index (κ3) is 5.71. The first-order valence-corrected chi connectivity index (χ1v) is 12.6. The lowest BCUT2D eigenvalue weighted by molar-refractivity contribution is -0.724. The van der Waals surface area contributed by atoms with Crippen LogP contribution in [0.15, 0.2) is 91.5 Å². The Morgan fingerprint density at radius 3 is 1.91 bits per heavy atom. The van der Waals surface area contributed by atoms with E-state index in [2.05, 4.69) is 96.3 Å². The molecule has 0 saturated heterocycles. The van der Waals surface area contributed by atoms with E-state index in [0.29, 0.717) is 19.4 Å². The Hall–Kier alpha value is -3.66. The molecule has 0 radical (unpaired) electrons. The van der Waals surface area contributed by atoms with Crippen molar-refractivity contribution in [3.8, 4) is 22.6 Å². The number of hydrogen-bond acceptors (Lipinski definition) is 2. The first-order valence-electron chi connectivity index (χ1n) is 12.6. The Morgan fingerprint density at radius 1 is 0.714 bits per heavy atom. The third-order valence-electron chi connectivity index (χ3n) is 6.90. The van der Waals surface area contributed by atoms with Crippen molar-refractivity contribution in [1.29, 1.82) is 0 Å². The summed E-state index contributed by atoms with van der Waals surface area (Å²) in [7, 11) is 0. The van der Waals surface area contributed by atoms with Gasteiger partial charge >= 0.3 is 0 Å². The molecular weight excluding hydrogens is 432 g/mol. The summed E-state index contributed by atoms with van der Waals surface area (Å²) in [5.41, 5.74) is 5.75. The third-order valence-corrected chi connectivity index (χ3v) is 6.90. The van der Waals surface area contributed by atoms with Gasteiger partial charge in [0.05, 0.1) is 0 Å². The molecule has 2 aromatic heterocycles. The summed E-state index contributed by atoms with van der Waals surface area (Å²) in [6.07, 6.45) is 13.9. The van der Waals surface area contributed by atoms with Crippen LogP contribution >= 0.6 is 0 Å². The smallest absolute Gasteiger partial charge is 0.292 e. The summed E-state index contributed by atoms with van der Waals surface area (Å²) < 4.78 is 16.6. The molecule has 178 valence electrons. The van der Waals surface area contributed by atoms with Gasteiger partial charge < -0.3 is 9.47 Å². The van der Waals surface area contributed by atoms with Crippen LogP contribution in [0.4, 0.5) is 0 Å². The first kappa shape index (κ1) is 23.1. The Labute approximate surface area is 208 Å². The minimum absolute atomic E-state index is 0.460. The van der Waals surface area contributed by atoms with Crippen molar-refractivity contribution >= 4 is 0 Å². The second-order valence-electron chi connectivity index (χ2n) is 9.50. The Bertz CT molecular complexity index is 1250. The van der Waals surface area contributed by atoms with Crippen LogP contribution in [-0.2, 0) is 13.3 Å². The van der Waals surface area contributed by atoms with Crippen LogP contribution in [0.2, 0.25) is 0 Å². The zero-order valence-corrected chi connectivity index (χ0v) is 20.7. The summed E-state index contributed by atoms with van der Waals surface area (Å²) >= 11 is 0. The predicted molar refractivity (Wildman–Crippen MR) is 137 cm³/mol. The van der Waals surface area contributed by atoms with Crippen molar-refractivity contribution < 1.29 is 18.6 Å². The number of hydrogen-bond donors (Lipinski definition) is 0. The maximum Gasteiger partial charge on any atom is 0.292 e. The number of benzene rings is 2. The molecule has 0 bridgehead atoms. The SMILES string of the molecule is Cc1cc(OC[n+]2ccc(-c3cc[n+](C4CCCC4)cc3)cc2)c(C)cc1OCc1ccccc1. The molecule has 1 saturated carbocycles.